The summed E-state index contributed by atoms with van der Waals surface area (Å²) in [6.07, 6.45) is 6.34. The number of halogens is 1. The Balaban J connectivity index is 1.34. The van der Waals surface area contributed by atoms with Gasteiger partial charge in [0.25, 0.3) is 0 Å². The number of hydrogen-bond donors (Lipinski definition) is 3. The summed E-state index contributed by atoms with van der Waals surface area (Å²) >= 11 is 6.21. The van der Waals surface area contributed by atoms with E-state index in [-0.39, 0.29) is 23.1 Å². The highest BCUT2D eigenvalue weighted by Crippen LogP contribution is 2.60. The van der Waals surface area contributed by atoms with Crippen molar-refractivity contribution >= 4 is 32.5 Å². The first kappa shape index (κ1) is 17.0. The number of nitrogens with one attached hydrogen (secondary N) is 2. The van der Waals surface area contributed by atoms with Crippen molar-refractivity contribution in [2.45, 2.75) is 55.4 Å². The Kier molecular flexibility index (Phi) is 3.71. The van der Waals surface area contributed by atoms with Crippen molar-refractivity contribution in [2.75, 3.05) is 0 Å². The number of fused-ring (bicyclic) bond motifs is 2. The first-order chi connectivity index (χ1) is 12.4. The largest absolute Gasteiger partial charge is 0.385 e. The van der Waals surface area contributed by atoms with Crippen LogP contribution in [0.15, 0.2) is 18.3 Å². The molecule has 0 amide bonds. The molecule has 140 valence electrons. The minimum atomic E-state index is -3.24. The number of aromatic amines is 1. The molecule has 2 atom stereocenters. The zero-order chi connectivity index (χ0) is 18.1. The van der Waals surface area contributed by atoms with E-state index in [0.717, 1.165) is 42.1 Å². The van der Waals surface area contributed by atoms with E-state index in [1.54, 1.807) is 12.3 Å². The summed E-state index contributed by atoms with van der Waals surface area (Å²) in [4.78, 5) is 0. The molecule has 26 heavy (non-hydrogen) atoms. The Labute approximate surface area is 157 Å². The van der Waals surface area contributed by atoms with Crippen LogP contribution in [-0.4, -0.2) is 35.0 Å². The minimum Gasteiger partial charge on any atom is -0.385 e. The summed E-state index contributed by atoms with van der Waals surface area (Å²) in [5, 5.41) is 19.4. The van der Waals surface area contributed by atoms with Gasteiger partial charge in [0.2, 0.25) is 10.0 Å². The molecule has 3 aliphatic carbocycles. The molecule has 1 aromatic heterocycles. The van der Waals surface area contributed by atoms with Crippen molar-refractivity contribution in [3.05, 3.63) is 28.9 Å². The number of nitrogens with zero attached hydrogens (tertiary/aromatic N) is 1. The lowest BCUT2D eigenvalue weighted by molar-refractivity contribution is 0.0303. The Morgan fingerprint density at radius 2 is 1.92 bits per heavy atom. The molecule has 2 aromatic rings. The summed E-state index contributed by atoms with van der Waals surface area (Å²) in [5.74, 6) is 0.384. The summed E-state index contributed by atoms with van der Waals surface area (Å²) in [7, 11) is -3.24. The van der Waals surface area contributed by atoms with Crippen molar-refractivity contribution in [3.8, 4) is 0 Å². The summed E-state index contributed by atoms with van der Waals surface area (Å²) < 4.78 is 28.0. The van der Waals surface area contributed by atoms with E-state index in [0.29, 0.717) is 17.9 Å². The molecule has 0 spiro atoms. The van der Waals surface area contributed by atoms with Crippen LogP contribution in [0, 0.1) is 11.8 Å². The van der Waals surface area contributed by atoms with E-state index in [9.17, 15) is 13.5 Å². The lowest BCUT2D eigenvalue weighted by atomic mass is 9.86. The van der Waals surface area contributed by atoms with E-state index in [4.69, 9.17) is 11.6 Å². The number of rotatable bonds is 4. The molecule has 6 nitrogen and oxygen atoms in total. The first-order valence-electron chi connectivity index (χ1n) is 9.24. The lowest BCUT2D eigenvalue weighted by Gasteiger charge is -2.27. The monoisotopic (exact) mass is 395 g/mol. The van der Waals surface area contributed by atoms with E-state index in [1.165, 1.54) is 0 Å². The van der Waals surface area contributed by atoms with Gasteiger partial charge < -0.3 is 5.11 Å². The molecular weight excluding hydrogens is 374 g/mol. The maximum absolute atomic E-state index is 12.5. The predicted molar refractivity (Wildman–Crippen MR) is 99.3 cm³/mol. The highest BCUT2D eigenvalue weighted by atomic mass is 35.5. The lowest BCUT2D eigenvalue weighted by Crippen LogP contribution is -2.38. The van der Waals surface area contributed by atoms with E-state index < -0.39 is 15.6 Å². The van der Waals surface area contributed by atoms with Crippen molar-refractivity contribution in [3.63, 3.8) is 0 Å². The fraction of sp³-hybridized carbons (Fsp3) is 0.611. The first-order valence-corrected chi connectivity index (χ1v) is 11.2. The SMILES string of the molecule is O=S(=O)(NC1C2CC(O)(c3cc(Cl)cc4[nH]ncc34)CC21)C1CCCC1. The maximum Gasteiger partial charge on any atom is 0.214 e. The van der Waals surface area contributed by atoms with Gasteiger partial charge in [0.05, 0.1) is 22.6 Å². The highest BCUT2D eigenvalue weighted by Gasteiger charge is 2.63. The summed E-state index contributed by atoms with van der Waals surface area (Å²) in [6, 6.07) is 3.58. The van der Waals surface area contributed by atoms with Crippen LogP contribution >= 0.6 is 11.6 Å². The quantitative estimate of drug-likeness (QED) is 0.741. The highest BCUT2D eigenvalue weighted by molar-refractivity contribution is 7.90. The second-order valence-electron chi connectivity index (χ2n) is 8.15. The minimum absolute atomic E-state index is 0.0279. The number of H-pyrrole nitrogens is 1. The third-order valence-electron chi connectivity index (χ3n) is 6.54. The average molecular weight is 396 g/mol. The predicted octanol–water partition coefficient (Wildman–Crippen LogP) is 2.67. The Morgan fingerprint density at radius 1 is 1.23 bits per heavy atom. The topological polar surface area (TPSA) is 95.1 Å². The molecule has 3 fully saturated rings. The Bertz CT molecular complexity index is 955. The second-order valence-corrected chi connectivity index (χ2v) is 10.6. The van der Waals surface area contributed by atoms with Crippen molar-refractivity contribution < 1.29 is 13.5 Å². The molecule has 5 rings (SSSR count). The van der Waals surface area contributed by atoms with Gasteiger partial charge in [0.15, 0.2) is 0 Å². The molecule has 3 N–H and O–H groups in total. The van der Waals surface area contributed by atoms with Crippen LogP contribution in [-0.2, 0) is 15.6 Å². The molecule has 8 heteroatoms. The van der Waals surface area contributed by atoms with Gasteiger partial charge in [0, 0.05) is 16.5 Å². The number of hydrogen-bond acceptors (Lipinski definition) is 4. The van der Waals surface area contributed by atoms with E-state index in [1.807, 2.05) is 6.07 Å². The average Bonchev–Trinajstić information content (AvgIpc) is 3.13. The molecule has 0 aliphatic heterocycles. The Morgan fingerprint density at radius 3 is 2.62 bits per heavy atom. The standard InChI is InChI=1S/C18H22ClN3O3S/c19-10-5-15(14-9-20-21-16(14)6-10)18(23)7-12-13(8-18)17(12)22-26(24,25)11-3-1-2-4-11/h5-6,9,11-13,17,22-23H,1-4,7-8H2,(H,20,21). The van der Waals surface area contributed by atoms with Gasteiger partial charge in [-0.3, -0.25) is 5.10 Å². The van der Waals surface area contributed by atoms with Crippen LogP contribution in [0.2, 0.25) is 5.02 Å². The van der Waals surface area contributed by atoms with Gasteiger partial charge in [-0.05, 0) is 55.2 Å². The molecule has 1 heterocycles. The molecule has 1 aromatic carbocycles. The van der Waals surface area contributed by atoms with Gasteiger partial charge >= 0.3 is 0 Å². The molecule has 2 unspecified atom stereocenters. The van der Waals surface area contributed by atoms with Crippen molar-refractivity contribution in [1.82, 2.24) is 14.9 Å². The van der Waals surface area contributed by atoms with Crippen molar-refractivity contribution in [2.24, 2.45) is 11.8 Å². The molecule has 0 bridgehead atoms. The molecule has 0 saturated heterocycles. The van der Waals surface area contributed by atoms with Gasteiger partial charge in [-0.2, -0.15) is 5.10 Å². The summed E-state index contributed by atoms with van der Waals surface area (Å²) in [6.45, 7) is 0. The molecule has 3 saturated carbocycles. The van der Waals surface area contributed by atoms with Gasteiger partial charge in [-0.1, -0.05) is 24.4 Å². The van der Waals surface area contributed by atoms with Crippen LogP contribution in [0.4, 0.5) is 0 Å². The van der Waals surface area contributed by atoms with E-state index in [2.05, 4.69) is 14.9 Å². The maximum atomic E-state index is 12.5. The molecule has 0 radical (unpaired) electrons. The third-order valence-corrected chi connectivity index (χ3v) is 8.71. The van der Waals surface area contributed by atoms with Gasteiger partial charge in [-0.15, -0.1) is 0 Å². The second kappa shape index (κ2) is 5.67. The third kappa shape index (κ3) is 2.59. The summed E-state index contributed by atoms with van der Waals surface area (Å²) in [5.41, 5.74) is 0.621. The number of benzene rings is 1. The van der Waals surface area contributed by atoms with Crippen molar-refractivity contribution in [1.29, 1.82) is 0 Å². The zero-order valence-electron chi connectivity index (χ0n) is 14.3. The van der Waals surface area contributed by atoms with E-state index >= 15 is 0 Å². The van der Waals surface area contributed by atoms with Crippen LogP contribution in [0.5, 0.6) is 0 Å². The molecular formula is C18H22ClN3O3S. The Hall–Kier alpha value is -1.15. The molecule has 3 aliphatic rings. The zero-order valence-corrected chi connectivity index (χ0v) is 15.9. The van der Waals surface area contributed by atoms with Gasteiger partial charge in [-0.25, -0.2) is 13.1 Å². The van der Waals surface area contributed by atoms with Crippen LogP contribution < -0.4 is 4.72 Å². The van der Waals surface area contributed by atoms with Crippen LogP contribution in [0.3, 0.4) is 0 Å². The van der Waals surface area contributed by atoms with Crippen LogP contribution in [0.1, 0.15) is 44.1 Å². The van der Waals surface area contributed by atoms with Gasteiger partial charge in [0.1, 0.15) is 0 Å². The van der Waals surface area contributed by atoms with Crippen LogP contribution in [0.25, 0.3) is 10.9 Å². The fourth-order valence-corrected chi connectivity index (χ4v) is 7.24. The smallest absolute Gasteiger partial charge is 0.214 e. The number of sulfonamides is 1. The number of aliphatic hydroxyl groups is 1. The fourth-order valence-electron chi connectivity index (χ4n) is 5.15. The normalized spacial score (nSPS) is 34.5. The number of aromatic nitrogens is 2.